The number of amides is 1. The Morgan fingerprint density at radius 3 is 2.38 bits per heavy atom. The molecule has 0 atom stereocenters. The van der Waals surface area contributed by atoms with Gasteiger partial charge in [-0.05, 0) is 61.4 Å². The SMILES string of the molecule is COc1ccc(CCN(C)C(=O)c2cc(-c3cccn3C)nn2-c2ccc(C)cc2)cc1OC. The maximum Gasteiger partial charge on any atom is 0.272 e. The van der Waals surface area contributed by atoms with Crippen molar-refractivity contribution in [1.82, 2.24) is 19.2 Å². The highest BCUT2D eigenvalue weighted by Gasteiger charge is 2.21. The van der Waals surface area contributed by atoms with Crippen molar-refractivity contribution in [2.75, 3.05) is 27.8 Å². The van der Waals surface area contributed by atoms with Crippen LogP contribution in [-0.2, 0) is 13.5 Å². The van der Waals surface area contributed by atoms with Crippen molar-refractivity contribution in [1.29, 1.82) is 0 Å². The lowest BCUT2D eigenvalue weighted by atomic mass is 10.1. The van der Waals surface area contributed by atoms with E-state index in [9.17, 15) is 4.79 Å². The Kier molecular flexibility index (Phi) is 6.72. The number of carbonyl (C=O) groups is 1. The standard InChI is InChI=1S/C27H30N4O3/c1-19-8-11-21(12-9-19)31-24(18-22(28-31)23-7-6-15-29(23)2)27(32)30(3)16-14-20-10-13-25(33-4)26(17-20)34-5/h6-13,15,17-18H,14,16H2,1-5H3. The highest BCUT2D eigenvalue weighted by molar-refractivity contribution is 5.94. The van der Waals surface area contributed by atoms with Crippen LogP contribution in [0.5, 0.6) is 11.5 Å². The summed E-state index contributed by atoms with van der Waals surface area (Å²) < 4.78 is 14.4. The Morgan fingerprint density at radius 2 is 1.74 bits per heavy atom. The molecule has 2 aromatic heterocycles. The molecule has 0 aliphatic heterocycles. The quantitative estimate of drug-likeness (QED) is 0.390. The van der Waals surface area contributed by atoms with Gasteiger partial charge in [0.05, 0.1) is 25.6 Å². The minimum atomic E-state index is -0.0889. The van der Waals surface area contributed by atoms with E-state index in [1.54, 1.807) is 23.8 Å². The number of nitrogens with zero attached hydrogens (tertiary/aromatic N) is 4. The van der Waals surface area contributed by atoms with Crippen molar-refractivity contribution in [2.45, 2.75) is 13.3 Å². The van der Waals surface area contributed by atoms with Crippen molar-refractivity contribution < 1.29 is 14.3 Å². The minimum absolute atomic E-state index is 0.0889. The number of hydrogen-bond donors (Lipinski definition) is 0. The summed E-state index contributed by atoms with van der Waals surface area (Å²) in [5.41, 5.74) is 5.29. The average Bonchev–Trinajstić information content (AvgIpc) is 3.48. The number of methoxy groups -OCH3 is 2. The van der Waals surface area contributed by atoms with Gasteiger partial charge in [-0.25, -0.2) is 4.68 Å². The molecule has 176 valence electrons. The van der Waals surface area contributed by atoms with E-state index in [0.717, 1.165) is 28.2 Å². The first kappa shape index (κ1) is 23.2. The predicted octanol–water partition coefficient (Wildman–Crippen LogP) is 4.52. The predicted molar refractivity (Wildman–Crippen MR) is 133 cm³/mol. The summed E-state index contributed by atoms with van der Waals surface area (Å²) in [6.45, 7) is 2.59. The van der Waals surface area contributed by atoms with Crippen molar-refractivity contribution in [3.63, 3.8) is 0 Å². The third-order valence-electron chi connectivity index (χ3n) is 5.94. The third-order valence-corrected chi connectivity index (χ3v) is 5.94. The smallest absolute Gasteiger partial charge is 0.272 e. The van der Waals surface area contributed by atoms with Crippen LogP contribution in [0.1, 0.15) is 21.6 Å². The van der Waals surface area contributed by atoms with E-state index in [0.29, 0.717) is 30.2 Å². The number of aryl methyl sites for hydroxylation is 2. The molecule has 0 radical (unpaired) electrons. The van der Waals surface area contributed by atoms with Crippen molar-refractivity contribution in [3.8, 4) is 28.6 Å². The zero-order valence-electron chi connectivity index (χ0n) is 20.3. The Balaban J connectivity index is 1.60. The maximum absolute atomic E-state index is 13.5. The molecule has 34 heavy (non-hydrogen) atoms. The van der Waals surface area contributed by atoms with Gasteiger partial charge in [0.2, 0.25) is 0 Å². The average molecular weight is 459 g/mol. The van der Waals surface area contributed by atoms with Gasteiger partial charge in [0.15, 0.2) is 11.5 Å². The van der Waals surface area contributed by atoms with Crippen LogP contribution in [0.2, 0.25) is 0 Å². The van der Waals surface area contributed by atoms with Crippen LogP contribution in [0.15, 0.2) is 66.9 Å². The molecular formula is C27H30N4O3. The summed E-state index contributed by atoms with van der Waals surface area (Å²) in [6.07, 6.45) is 2.66. The van der Waals surface area contributed by atoms with E-state index in [-0.39, 0.29) is 5.91 Å². The number of likely N-dealkylation sites (N-methyl/N-ethyl adjacent to an activating group) is 1. The number of carbonyl (C=O) groups excluding carboxylic acids is 1. The number of aromatic nitrogens is 3. The van der Waals surface area contributed by atoms with Gasteiger partial charge in [0, 0.05) is 26.8 Å². The summed E-state index contributed by atoms with van der Waals surface area (Å²) in [4.78, 5) is 15.3. The maximum atomic E-state index is 13.5. The van der Waals surface area contributed by atoms with Crippen molar-refractivity contribution in [3.05, 3.63) is 83.7 Å². The Bertz CT molecular complexity index is 1290. The first-order chi connectivity index (χ1) is 16.4. The fourth-order valence-corrected chi connectivity index (χ4v) is 3.90. The normalized spacial score (nSPS) is 10.9. The Morgan fingerprint density at radius 1 is 1.00 bits per heavy atom. The molecule has 0 aliphatic rings. The van der Waals surface area contributed by atoms with E-state index < -0.39 is 0 Å². The summed E-state index contributed by atoms with van der Waals surface area (Å²) in [5, 5.41) is 4.79. The van der Waals surface area contributed by atoms with E-state index in [1.807, 2.05) is 92.4 Å². The van der Waals surface area contributed by atoms with E-state index in [1.165, 1.54) is 0 Å². The highest BCUT2D eigenvalue weighted by Crippen LogP contribution is 2.28. The second-order valence-corrected chi connectivity index (χ2v) is 8.33. The molecule has 7 nitrogen and oxygen atoms in total. The fourth-order valence-electron chi connectivity index (χ4n) is 3.90. The molecule has 0 saturated heterocycles. The van der Waals surface area contributed by atoms with Crippen LogP contribution in [-0.4, -0.2) is 53.0 Å². The lowest BCUT2D eigenvalue weighted by Crippen LogP contribution is -2.30. The zero-order valence-corrected chi connectivity index (χ0v) is 20.3. The van der Waals surface area contributed by atoms with Crippen molar-refractivity contribution >= 4 is 5.91 Å². The second kappa shape index (κ2) is 9.87. The molecule has 4 rings (SSSR count). The Labute approximate surface area is 200 Å². The van der Waals surface area contributed by atoms with Crippen LogP contribution in [0.4, 0.5) is 0 Å². The monoisotopic (exact) mass is 458 g/mol. The van der Waals surface area contributed by atoms with Gasteiger partial charge >= 0.3 is 0 Å². The van der Waals surface area contributed by atoms with E-state index in [4.69, 9.17) is 14.6 Å². The lowest BCUT2D eigenvalue weighted by Gasteiger charge is -2.18. The van der Waals surface area contributed by atoms with Crippen LogP contribution in [0.3, 0.4) is 0 Å². The van der Waals surface area contributed by atoms with Gasteiger partial charge < -0.3 is 18.9 Å². The molecular weight excluding hydrogens is 428 g/mol. The first-order valence-corrected chi connectivity index (χ1v) is 11.2. The largest absolute Gasteiger partial charge is 0.493 e. The molecule has 2 aromatic carbocycles. The molecule has 7 heteroatoms. The summed E-state index contributed by atoms with van der Waals surface area (Å²) in [6, 6.07) is 19.7. The number of hydrogen-bond acceptors (Lipinski definition) is 4. The van der Waals surface area contributed by atoms with Gasteiger partial charge in [0.25, 0.3) is 5.91 Å². The van der Waals surface area contributed by atoms with Crippen LogP contribution < -0.4 is 9.47 Å². The summed E-state index contributed by atoms with van der Waals surface area (Å²) in [7, 11) is 7.02. The van der Waals surface area contributed by atoms with Gasteiger partial charge in [0.1, 0.15) is 11.4 Å². The summed E-state index contributed by atoms with van der Waals surface area (Å²) in [5.74, 6) is 1.28. The molecule has 0 unspecified atom stereocenters. The summed E-state index contributed by atoms with van der Waals surface area (Å²) >= 11 is 0. The lowest BCUT2D eigenvalue weighted by molar-refractivity contribution is 0.0787. The van der Waals surface area contributed by atoms with E-state index >= 15 is 0 Å². The first-order valence-electron chi connectivity index (χ1n) is 11.2. The molecule has 2 heterocycles. The van der Waals surface area contributed by atoms with Gasteiger partial charge in [-0.1, -0.05) is 23.8 Å². The third kappa shape index (κ3) is 4.69. The van der Waals surface area contributed by atoms with Gasteiger partial charge in [-0.3, -0.25) is 4.79 Å². The molecule has 0 saturated carbocycles. The highest BCUT2D eigenvalue weighted by atomic mass is 16.5. The van der Waals surface area contributed by atoms with Crippen molar-refractivity contribution in [2.24, 2.45) is 7.05 Å². The number of benzene rings is 2. The molecule has 0 N–H and O–H groups in total. The molecule has 1 amide bonds. The molecule has 0 aliphatic carbocycles. The van der Waals surface area contributed by atoms with E-state index in [2.05, 4.69) is 0 Å². The molecule has 0 spiro atoms. The zero-order chi connectivity index (χ0) is 24.2. The van der Waals surface area contributed by atoms with Crippen LogP contribution in [0, 0.1) is 6.92 Å². The topological polar surface area (TPSA) is 61.5 Å². The fraction of sp³-hybridized carbons (Fsp3) is 0.259. The van der Waals surface area contributed by atoms with Crippen LogP contribution in [0.25, 0.3) is 17.1 Å². The molecule has 0 fully saturated rings. The van der Waals surface area contributed by atoms with Gasteiger partial charge in [-0.15, -0.1) is 0 Å². The number of ether oxygens (including phenoxy) is 2. The van der Waals surface area contributed by atoms with Crippen LogP contribution >= 0.6 is 0 Å². The molecule has 4 aromatic rings. The Hall–Kier alpha value is -4.00. The molecule has 0 bridgehead atoms. The van der Waals surface area contributed by atoms with Gasteiger partial charge in [-0.2, -0.15) is 5.10 Å². The number of rotatable bonds is 8. The minimum Gasteiger partial charge on any atom is -0.493 e. The second-order valence-electron chi connectivity index (χ2n) is 8.33.